The van der Waals surface area contributed by atoms with E-state index in [0.717, 1.165) is 4.47 Å². The zero-order valence-electron chi connectivity index (χ0n) is 9.89. The molecular formula is C12H16BrClN2O. The topological polar surface area (TPSA) is 55.1 Å². The predicted octanol–water partition coefficient (Wildman–Crippen LogP) is 3.42. The lowest BCUT2D eigenvalue weighted by Crippen LogP contribution is -2.39. The number of hydrogen-bond acceptors (Lipinski definition) is 2. The van der Waals surface area contributed by atoms with E-state index < -0.39 is 5.41 Å². The smallest absolute Gasteiger partial charge is 0.231 e. The van der Waals surface area contributed by atoms with E-state index in [2.05, 4.69) is 21.2 Å². The Morgan fingerprint density at radius 1 is 1.59 bits per heavy atom. The first-order valence-electron chi connectivity index (χ1n) is 5.39. The van der Waals surface area contributed by atoms with Gasteiger partial charge in [-0.25, -0.2) is 0 Å². The Labute approximate surface area is 115 Å². The summed E-state index contributed by atoms with van der Waals surface area (Å²) in [5.41, 5.74) is 5.77. The monoisotopic (exact) mass is 318 g/mol. The molecular weight excluding hydrogens is 304 g/mol. The molecule has 1 aromatic carbocycles. The van der Waals surface area contributed by atoms with E-state index >= 15 is 0 Å². The van der Waals surface area contributed by atoms with E-state index in [1.165, 1.54) is 0 Å². The van der Waals surface area contributed by atoms with Crippen LogP contribution in [0.5, 0.6) is 0 Å². The number of anilines is 1. The van der Waals surface area contributed by atoms with Crippen molar-refractivity contribution in [3.63, 3.8) is 0 Å². The third-order valence-electron chi connectivity index (χ3n) is 2.96. The lowest BCUT2D eigenvalue weighted by atomic mass is 9.86. The molecule has 1 rings (SSSR count). The fourth-order valence-corrected chi connectivity index (χ4v) is 1.68. The summed E-state index contributed by atoms with van der Waals surface area (Å²) in [6.45, 7) is 4.11. The molecule has 0 saturated carbocycles. The first kappa shape index (κ1) is 14.5. The Hall–Kier alpha value is -0.580. The minimum absolute atomic E-state index is 0.0825. The number of amides is 1. The third-order valence-corrected chi connectivity index (χ3v) is 4.19. The van der Waals surface area contributed by atoms with Crippen LogP contribution in [0.25, 0.3) is 0 Å². The average molecular weight is 320 g/mol. The first-order chi connectivity index (χ1) is 7.92. The highest BCUT2D eigenvalue weighted by atomic mass is 79.9. The molecule has 3 nitrogen and oxygen atoms in total. The van der Waals surface area contributed by atoms with Crippen LogP contribution < -0.4 is 11.1 Å². The molecule has 0 saturated heterocycles. The predicted molar refractivity (Wildman–Crippen MR) is 75.2 cm³/mol. The van der Waals surface area contributed by atoms with Gasteiger partial charge in [-0.05, 0) is 47.5 Å². The average Bonchev–Trinajstić information content (AvgIpc) is 2.32. The van der Waals surface area contributed by atoms with E-state index in [9.17, 15) is 4.79 Å². The summed E-state index contributed by atoms with van der Waals surface area (Å²) in [5.74, 6) is -0.0825. The molecule has 1 unspecified atom stereocenters. The van der Waals surface area contributed by atoms with Crippen molar-refractivity contribution in [2.24, 2.45) is 11.1 Å². The number of hydrogen-bond donors (Lipinski definition) is 2. The summed E-state index contributed by atoms with van der Waals surface area (Å²) < 4.78 is 0.800. The van der Waals surface area contributed by atoms with Crippen molar-refractivity contribution in [2.75, 3.05) is 11.9 Å². The van der Waals surface area contributed by atoms with Gasteiger partial charge in [-0.15, -0.1) is 0 Å². The molecule has 0 bridgehead atoms. The number of rotatable bonds is 4. The van der Waals surface area contributed by atoms with Gasteiger partial charge in [0, 0.05) is 16.7 Å². The van der Waals surface area contributed by atoms with Crippen molar-refractivity contribution in [1.29, 1.82) is 0 Å². The summed E-state index contributed by atoms with van der Waals surface area (Å²) in [7, 11) is 0. The van der Waals surface area contributed by atoms with Gasteiger partial charge in [0.25, 0.3) is 0 Å². The van der Waals surface area contributed by atoms with Gasteiger partial charge in [0.05, 0.1) is 10.4 Å². The SMILES string of the molecule is CCC(C)(CN)C(=O)Nc1ccc(Br)c(Cl)c1. The Morgan fingerprint density at radius 2 is 2.24 bits per heavy atom. The molecule has 17 heavy (non-hydrogen) atoms. The Balaban J connectivity index is 2.84. The number of nitrogens with one attached hydrogen (secondary N) is 1. The van der Waals surface area contributed by atoms with Crippen LogP contribution in [0.4, 0.5) is 5.69 Å². The maximum atomic E-state index is 12.0. The lowest BCUT2D eigenvalue weighted by Gasteiger charge is -2.25. The van der Waals surface area contributed by atoms with Crippen molar-refractivity contribution >= 4 is 39.1 Å². The van der Waals surface area contributed by atoms with Gasteiger partial charge < -0.3 is 11.1 Å². The Kier molecular flexibility index (Phi) is 4.98. The van der Waals surface area contributed by atoms with Crippen LogP contribution in [0.3, 0.4) is 0 Å². The van der Waals surface area contributed by atoms with E-state index in [1.807, 2.05) is 13.8 Å². The maximum Gasteiger partial charge on any atom is 0.231 e. The molecule has 94 valence electrons. The van der Waals surface area contributed by atoms with Gasteiger partial charge in [0.1, 0.15) is 0 Å². The van der Waals surface area contributed by atoms with Crippen LogP contribution in [0, 0.1) is 5.41 Å². The minimum Gasteiger partial charge on any atom is -0.329 e. The first-order valence-corrected chi connectivity index (χ1v) is 6.56. The fourth-order valence-electron chi connectivity index (χ4n) is 1.25. The maximum absolute atomic E-state index is 12.0. The summed E-state index contributed by atoms with van der Waals surface area (Å²) in [6.07, 6.45) is 0.694. The highest BCUT2D eigenvalue weighted by Gasteiger charge is 2.29. The van der Waals surface area contributed by atoms with E-state index in [4.69, 9.17) is 17.3 Å². The number of benzene rings is 1. The third kappa shape index (κ3) is 3.44. The number of halogens is 2. The molecule has 0 aliphatic carbocycles. The Bertz CT molecular complexity index is 419. The highest BCUT2D eigenvalue weighted by Crippen LogP contribution is 2.27. The van der Waals surface area contributed by atoms with Crippen LogP contribution in [0.1, 0.15) is 20.3 Å². The van der Waals surface area contributed by atoms with Gasteiger partial charge in [-0.2, -0.15) is 0 Å². The normalized spacial score (nSPS) is 14.2. The lowest BCUT2D eigenvalue weighted by molar-refractivity contribution is -0.124. The van der Waals surface area contributed by atoms with Gasteiger partial charge in [-0.3, -0.25) is 4.79 Å². The zero-order chi connectivity index (χ0) is 13.1. The zero-order valence-corrected chi connectivity index (χ0v) is 12.2. The molecule has 0 aromatic heterocycles. The molecule has 1 aromatic rings. The molecule has 1 atom stereocenters. The minimum atomic E-state index is -0.542. The fraction of sp³-hybridized carbons (Fsp3) is 0.417. The quantitative estimate of drug-likeness (QED) is 0.893. The van der Waals surface area contributed by atoms with Crippen LogP contribution in [-0.4, -0.2) is 12.5 Å². The molecule has 1 amide bonds. The molecule has 0 radical (unpaired) electrons. The standard InChI is InChI=1S/C12H16BrClN2O/c1-3-12(2,7-15)11(17)16-8-4-5-9(13)10(14)6-8/h4-6H,3,7,15H2,1-2H3,(H,16,17). The second kappa shape index (κ2) is 5.85. The number of carbonyl (C=O) groups excluding carboxylic acids is 1. The van der Waals surface area contributed by atoms with Crippen molar-refractivity contribution in [1.82, 2.24) is 0 Å². The molecule has 0 spiro atoms. The molecule has 0 fully saturated rings. The van der Waals surface area contributed by atoms with Crippen molar-refractivity contribution in [3.8, 4) is 0 Å². The van der Waals surface area contributed by atoms with Gasteiger partial charge in [0.15, 0.2) is 0 Å². The second-order valence-electron chi connectivity index (χ2n) is 4.20. The van der Waals surface area contributed by atoms with Crippen LogP contribution in [0.2, 0.25) is 5.02 Å². The molecule has 0 aliphatic rings. The summed E-state index contributed by atoms with van der Waals surface area (Å²) >= 11 is 9.25. The summed E-state index contributed by atoms with van der Waals surface area (Å²) in [5, 5.41) is 3.39. The number of nitrogens with two attached hydrogens (primary N) is 1. The van der Waals surface area contributed by atoms with Crippen molar-refractivity contribution in [3.05, 3.63) is 27.7 Å². The van der Waals surface area contributed by atoms with Crippen molar-refractivity contribution < 1.29 is 4.79 Å². The van der Waals surface area contributed by atoms with Gasteiger partial charge >= 0.3 is 0 Å². The summed E-state index contributed by atoms with van der Waals surface area (Å²) in [6, 6.07) is 5.29. The molecule has 0 aliphatic heterocycles. The molecule has 0 heterocycles. The Morgan fingerprint density at radius 3 is 2.71 bits per heavy atom. The second-order valence-corrected chi connectivity index (χ2v) is 5.46. The highest BCUT2D eigenvalue weighted by molar-refractivity contribution is 9.10. The molecule has 3 N–H and O–H groups in total. The van der Waals surface area contributed by atoms with E-state index in [0.29, 0.717) is 23.7 Å². The van der Waals surface area contributed by atoms with Crippen LogP contribution in [0.15, 0.2) is 22.7 Å². The van der Waals surface area contributed by atoms with Crippen LogP contribution >= 0.6 is 27.5 Å². The molecule has 5 heteroatoms. The van der Waals surface area contributed by atoms with Gasteiger partial charge in [-0.1, -0.05) is 18.5 Å². The number of carbonyl (C=O) groups is 1. The van der Waals surface area contributed by atoms with E-state index in [-0.39, 0.29) is 5.91 Å². The van der Waals surface area contributed by atoms with Gasteiger partial charge in [0.2, 0.25) is 5.91 Å². The van der Waals surface area contributed by atoms with Crippen molar-refractivity contribution in [2.45, 2.75) is 20.3 Å². The largest absolute Gasteiger partial charge is 0.329 e. The summed E-state index contributed by atoms with van der Waals surface area (Å²) in [4.78, 5) is 12.0. The van der Waals surface area contributed by atoms with E-state index in [1.54, 1.807) is 18.2 Å². The van der Waals surface area contributed by atoms with Crippen LogP contribution in [-0.2, 0) is 4.79 Å².